The maximum Gasteiger partial charge on any atom is 0.190 e. The van der Waals surface area contributed by atoms with Crippen molar-refractivity contribution in [2.45, 2.75) is 13.0 Å². The molecule has 2 aliphatic rings. The Labute approximate surface area is 65.8 Å². The monoisotopic (exact) mass is 150 g/mol. The number of hydrogen-bond acceptors (Lipinski definition) is 2. The first-order chi connectivity index (χ1) is 5.34. The molecule has 0 fully saturated rings. The van der Waals surface area contributed by atoms with Crippen LogP contribution in [0.1, 0.15) is 6.92 Å². The van der Waals surface area contributed by atoms with E-state index in [9.17, 15) is 0 Å². The molecule has 0 aromatic rings. The molecule has 0 aromatic heterocycles. The van der Waals surface area contributed by atoms with Crippen LogP contribution in [0, 0.1) is 0 Å². The Morgan fingerprint density at radius 3 is 3.18 bits per heavy atom. The first-order valence-electron chi connectivity index (χ1n) is 3.67. The number of allylic oxidation sites excluding steroid dienone is 3. The molecular formula is C9H10O2. The lowest BCUT2D eigenvalue weighted by atomic mass is 10.2. The lowest BCUT2D eigenvalue weighted by Crippen LogP contribution is -2.15. The fourth-order valence-electron chi connectivity index (χ4n) is 1.17. The van der Waals surface area contributed by atoms with Crippen LogP contribution in [0.2, 0.25) is 0 Å². The maximum atomic E-state index is 5.28. The Morgan fingerprint density at radius 1 is 1.36 bits per heavy atom. The number of hydrogen-bond donors (Lipinski definition) is 0. The van der Waals surface area contributed by atoms with Crippen LogP contribution in [0.3, 0.4) is 0 Å². The third-order valence-electron chi connectivity index (χ3n) is 1.75. The first-order valence-corrected chi connectivity index (χ1v) is 3.67. The van der Waals surface area contributed by atoms with E-state index in [-0.39, 0.29) is 6.10 Å². The highest BCUT2D eigenvalue weighted by atomic mass is 16.7. The number of ether oxygens (including phenoxy) is 2. The molecule has 1 atom stereocenters. The fraction of sp³-hybridized carbons (Fsp3) is 0.333. The summed E-state index contributed by atoms with van der Waals surface area (Å²) in [5.74, 6) is 0.911. The fourth-order valence-corrected chi connectivity index (χ4v) is 1.17. The van der Waals surface area contributed by atoms with Gasteiger partial charge in [0.2, 0.25) is 0 Å². The van der Waals surface area contributed by atoms with E-state index in [1.807, 2.05) is 18.2 Å². The van der Waals surface area contributed by atoms with Gasteiger partial charge in [-0.3, -0.25) is 0 Å². The molecule has 0 N–H and O–H groups in total. The van der Waals surface area contributed by atoms with Crippen molar-refractivity contribution in [2.24, 2.45) is 0 Å². The molecular weight excluding hydrogens is 140 g/mol. The minimum Gasteiger partial charge on any atom is -0.468 e. The van der Waals surface area contributed by atoms with Crippen LogP contribution in [0.15, 0.2) is 35.6 Å². The topological polar surface area (TPSA) is 18.5 Å². The van der Waals surface area contributed by atoms with Crippen molar-refractivity contribution < 1.29 is 9.47 Å². The van der Waals surface area contributed by atoms with Crippen molar-refractivity contribution in [2.75, 3.05) is 6.79 Å². The van der Waals surface area contributed by atoms with Gasteiger partial charge in [0.15, 0.2) is 6.79 Å². The quantitative estimate of drug-likeness (QED) is 0.523. The SMILES string of the molecule is CC1=CC2C=C(C=C1)OCO2. The standard InChI is InChI=1S/C9H10O2/c1-7-2-3-8-5-9(4-7)11-6-10-8/h2-5,9H,6H2,1H3. The second-order valence-corrected chi connectivity index (χ2v) is 2.71. The van der Waals surface area contributed by atoms with E-state index in [1.54, 1.807) is 0 Å². The van der Waals surface area contributed by atoms with Crippen LogP contribution < -0.4 is 0 Å². The van der Waals surface area contributed by atoms with Crippen LogP contribution in [0.5, 0.6) is 0 Å². The average molecular weight is 150 g/mol. The Bertz CT molecular complexity index is 248. The molecule has 1 aliphatic carbocycles. The minimum absolute atomic E-state index is 0.105. The molecule has 0 saturated heterocycles. The number of fused-ring (bicyclic) bond motifs is 1. The van der Waals surface area contributed by atoms with Crippen LogP contribution >= 0.6 is 0 Å². The molecule has 0 aromatic carbocycles. The van der Waals surface area contributed by atoms with E-state index in [1.165, 1.54) is 5.57 Å². The van der Waals surface area contributed by atoms with Crippen molar-refractivity contribution in [3.63, 3.8) is 0 Å². The Hall–Kier alpha value is -1.02. The lowest BCUT2D eigenvalue weighted by molar-refractivity contribution is -0.0499. The van der Waals surface area contributed by atoms with Gasteiger partial charge in [-0.15, -0.1) is 0 Å². The molecule has 2 rings (SSSR count). The Kier molecular flexibility index (Phi) is 1.55. The van der Waals surface area contributed by atoms with E-state index in [0.717, 1.165) is 5.76 Å². The van der Waals surface area contributed by atoms with Gasteiger partial charge in [0, 0.05) is 0 Å². The van der Waals surface area contributed by atoms with Gasteiger partial charge in [0.1, 0.15) is 11.9 Å². The van der Waals surface area contributed by atoms with Gasteiger partial charge in [0.05, 0.1) is 0 Å². The first kappa shape index (κ1) is 6.68. The molecule has 2 nitrogen and oxygen atoms in total. The maximum absolute atomic E-state index is 5.28. The summed E-state index contributed by atoms with van der Waals surface area (Å²) in [5, 5.41) is 0. The summed E-state index contributed by atoms with van der Waals surface area (Å²) in [6, 6.07) is 0. The van der Waals surface area contributed by atoms with Crippen LogP contribution in [0.4, 0.5) is 0 Å². The average Bonchev–Trinajstić information content (AvgIpc) is 2.12. The van der Waals surface area contributed by atoms with Crippen LogP contribution in [0.25, 0.3) is 0 Å². The highest BCUT2D eigenvalue weighted by molar-refractivity contribution is 5.31. The van der Waals surface area contributed by atoms with Crippen molar-refractivity contribution in [1.29, 1.82) is 0 Å². The van der Waals surface area contributed by atoms with Gasteiger partial charge in [0.25, 0.3) is 0 Å². The summed E-state index contributed by atoms with van der Waals surface area (Å²) in [6.45, 7) is 2.42. The molecule has 0 saturated carbocycles. The molecule has 1 unspecified atom stereocenters. The molecule has 11 heavy (non-hydrogen) atoms. The van der Waals surface area contributed by atoms with E-state index in [0.29, 0.717) is 6.79 Å². The van der Waals surface area contributed by atoms with Crippen LogP contribution in [-0.2, 0) is 9.47 Å². The predicted octanol–water partition coefficient (Wildman–Crippen LogP) is 1.76. The zero-order chi connectivity index (χ0) is 7.68. The summed E-state index contributed by atoms with van der Waals surface area (Å²) < 4.78 is 10.5. The van der Waals surface area contributed by atoms with Crippen molar-refractivity contribution in [3.05, 3.63) is 35.6 Å². The highest BCUT2D eigenvalue weighted by Gasteiger charge is 2.12. The summed E-state index contributed by atoms with van der Waals surface area (Å²) in [4.78, 5) is 0. The van der Waals surface area contributed by atoms with Gasteiger partial charge in [-0.1, -0.05) is 11.6 Å². The lowest BCUT2D eigenvalue weighted by Gasteiger charge is -2.17. The number of rotatable bonds is 0. The van der Waals surface area contributed by atoms with Crippen LogP contribution in [-0.4, -0.2) is 12.9 Å². The molecule has 2 bridgehead atoms. The molecule has 1 aliphatic heterocycles. The van der Waals surface area contributed by atoms with Crippen molar-refractivity contribution in [3.8, 4) is 0 Å². The Balaban J connectivity index is 2.32. The zero-order valence-electron chi connectivity index (χ0n) is 6.41. The third kappa shape index (κ3) is 1.35. The third-order valence-corrected chi connectivity index (χ3v) is 1.75. The molecule has 58 valence electrons. The van der Waals surface area contributed by atoms with E-state index in [4.69, 9.17) is 9.47 Å². The summed E-state index contributed by atoms with van der Waals surface area (Å²) >= 11 is 0. The molecule has 0 spiro atoms. The second-order valence-electron chi connectivity index (χ2n) is 2.71. The minimum atomic E-state index is 0.105. The summed E-state index contributed by atoms with van der Waals surface area (Å²) in [6.07, 6.45) is 8.14. The van der Waals surface area contributed by atoms with Gasteiger partial charge in [-0.2, -0.15) is 0 Å². The van der Waals surface area contributed by atoms with Gasteiger partial charge in [-0.05, 0) is 25.2 Å². The smallest absolute Gasteiger partial charge is 0.190 e. The van der Waals surface area contributed by atoms with Gasteiger partial charge >= 0.3 is 0 Å². The van der Waals surface area contributed by atoms with Gasteiger partial charge in [-0.25, -0.2) is 0 Å². The van der Waals surface area contributed by atoms with Crippen molar-refractivity contribution in [1.82, 2.24) is 0 Å². The Morgan fingerprint density at radius 2 is 2.27 bits per heavy atom. The molecule has 0 amide bonds. The largest absolute Gasteiger partial charge is 0.468 e. The van der Waals surface area contributed by atoms with Gasteiger partial charge < -0.3 is 9.47 Å². The highest BCUT2D eigenvalue weighted by Crippen LogP contribution is 2.17. The zero-order valence-corrected chi connectivity index (χ0v) is 6.41. The summed E-state index contributed by atoms with van der Waals surface area (Å²) in [7, 11) is 0. The predicted molar refractivity (Wildman–Crippen MR) is 41.8 cm³/mol. The second kappa shape index (κ2) is 2.55. The van der Waals surface area contributed by atoms with E-state index < -0.39 is 0 Å². The normalized spacial score (nSPS) is 28.3. The molecule has 2 heteroatoms. The van der Waals surface area contributed by atoms with Crippen molar-refractivity contribution >= 4 is 0 Å². The van der Waals surface area contributed by atoms with E-state index >= 15 is 0 Å². The summed E-state index contributed by atoms with van der Waals surface area (Å²) in [5.41, 5.74) is 1.21. The molecule has 0 radical (unpaired) electrons. The van der Waals surface area contributed by atoms with E-state index in [2.05, 4.69) is 13.0 Å². The molecule has 1 heterocycles.